The zero-order chi connectivity index (χ0) is 8.55. The van der Waals surface area contributed by atoms with Crippen molar-refractivity contribution in [3.63, 3.8) is 0 Å². The molecule has 1 atom stereocenters. The lowest BCUT2D eigenvalue weighted by molar-refractivity contribution is -0.136. The van der Waals surface area contributed by atoms with E-state index in [-0.39, 0.29) is 11.6 Å². The Labute approximate surface area is 71.0 Å². The van der Waals surface area contributed by atoms with Crippen molar-refractivity contribution in [2.24, 2.45) is 5.92 Å². The molecule has 2 nitrogen and oxygen atoms in total. The second kappa shape index (κ2) is 2.70. The lowest BCUT2D eigenvalue weighted by atomic mass is 9.79. The quantitative estimate of drug-likeness (QED) is 0.505. The first-order valence-corrected chi connectivity index (χ1v) is 4.23. The van der Waals surface area contributed by atoms with Crippen LogP contribution in [-0.4, -0.2) is 11.6 Å². The summed E-state index contributed by atoms with van der Waals surface area (Å²) in [5.41, 5.74) is 0.730. The first-order chi connectivity index (χ1) is 5.79. The average molecular weight is 162 g/mol. The maximum atomic E-state index is 11.3. The molecule has 0 radical (unpaired) electrons. The highest BCUT2D eigenvalue weighted by molar-refractivity contribution is 6.44. The Bertz CT molecular complexity index is 297. The summed E-state index contributed by atoms with van der Waals surface area (Å²) < 4.78 is 0. The molecule has 0 aromatic heterocycles. The van der Waals surface area contributed by atoms with E-state index in [4.69, 9.17) is 0 Å². The largest absolute Gasteiger partial charge is 0.291 e. The molecule has 0 bridgehead atoms. The van der Waals surface area contributed by atoms with Crippen molar-refractivity contribution < 1.29 is 9.59 Å². The summed E-state index contributed by atoms with van der Waals surface area (Å²) in [6.45, 7) is 0. The van der Waals surface area contributed by atoms with Gasteiger partial charge in [-0.2, -0.15) is 0 Å². The third kappa shape index (κ3) is 1.04. The van der Waals surface area contributed by atoms with Crippen molar-refractivity contribution in [2.75, 3.05) is 0 Å². The normalized spacial score (nSPS) is 28.3. The average Bonchev–Trinajstić information content (AvgIpc) is 2.12. The van der Waals surface area contributed by atoms with Crippen LogP contribution in [-0.2, 0) is 9.59 Å². The summed E-state index contributed by atoms with van der Waals surface area (Å²) in [5.74, 6) is -0.149. The van der Waals surface area contributed by atoms with E-state index in [1.54, 1.807) is 6.08 Å². The molecule has 0 heterocycles. The summed E-state index contributed by atoms with van der Waals surface area (Å²) in [4.78, 5) is 22.3. The Kier molecular flexibility index (Phi) is 1.68. The number of carbonyl (C=O) groups is 2. The molecule has 0 spiro atoms. The van der Waals surface area contributed by atoms with Crippen molar-refractivity contribution in [1.82, 2.24) is 0 Å². The molecule has 2 aliphatic carbocycles. The lowest BCUT2D eigenvalue weighted by Crippen LogP contribution is -2.28. The number of allylic oxidation sites excluding steroid dienone is 4. The van der Waals surface area contributed by atoms with Gasteiger partial charge in [-0.3, -0.25) is 9.59 Å². The molecule has 12 heavy (non-hydrogen) atoms. The first kappa shape index (κ1) is 7.47. The fraction of sp³-hybridized carbons (Fsp3) is 0.400. The van der Waals surface area contributed by atoms with Crippen LogP contribution in [0.2, 0.25) is 0 Å². The molecule has 1 unspecified atom stereocenters. The molecule has 0 aromatic rings. The predicted octanol–water partition coefficient (Wildman–Crippen LogP) is 1.42. The van der Waals surface area contributed by atoms with Crippen molar-refractivity contribution in [1.29, 1.82) is 0 Å². The van der Waals surface area contributed by atoms with Crippen LogP contribution in [0.5, 0.6) is 0 Å². The van der Waals surface area contributed by atoms with Crippen molar-refractivity contribution in [2.45, 2.75) is 19.3 Å². The SMILES string of the molecule is O=C1CCC2CC=CC=C2C1=O. The Morgan fingerprint density at radius 2 is 2.17 bits per heavy atom. The zero-order valence-corrected chi connectivity index (χ0v) is 6.75. The van der Waals surface area contributed by atoms with Crippen LogP contribution in [0, 0.1) is 5.92 Å². The molecule has 2 heteroatoms. The van der Waals surface area contributed by atoms with Crippen LogP contribution in [0.15, 0.2) is 23.8 Å². The molecule has 0 N–H and O–H groups in total. The Hall–Kier alpha value is -1.18. The third-order valence-electron chi connectivity index (χ3n) is 2.51. The Balaban J connectivity index is 2.33. The summed E-state index contributed by atoms with van der Waals surface area (Å²) in [7, 11) is 0. The van der Waals surface area contributed by atoms with E-state index in [9.17, 15) is 9.59 Å². The summed E-state index contributed by atoms with van der Waals surface area (Å²) in [6, 6.07) is 0. The van der Waals surface area contributed by atoms with E-state index >= 15 is 0 Å². The Morgan fingerprint density at radius 3 is 3.00 bits per heavy atom. The van der Waals surface area contributed by atoms with E-state index < -0.39 is 0 Å². The van der Waals surface area contributed by atoms with Gasteiger partial charge in [-0.05, 0) is 18.8 Å². The third-order valence-corrected chi connectivity index (χ3v) is 2.51. The van der Waals surface area contributed by atoms with Gasteiger partial charge in [0, 0.05) is 12.0 Å². The first-order valence-electron chi connectivity index (χ1n) is 4.23. The minimum absolute atomic E-state index is 0.215. The molecule has 0 amide bonds. The van der Waals surface area contributed by atoms with Gasteiger partial charge < -0.3 is 0 Å². The molecule has 62 valence electrons. The van der Waals surface area contributed by atoms with Crippen LogP contribution < -0.4 is 0 Å². The Morgan fingerprint density at radius 1 is 1.33 bits per heavy atom. The van der Waals surface area contributed by atoms with Gasteiger partial charge in [0.05, 0.1) is 0 Å². The summed E-state index contributed by atoms with van der Waals surface area (Å²) in [6.07, 6.45) is 7.91. The predicted molar refractivity (Wildman–Crippen MR) is 44.6 cm³/mol. The number of ketones is 2. The number of hydrogen-bond donors (Lipinski definition) is 0. The van der Waals surface area contributed by atoms with Crippen molar-refractivity contribution >= 4 is 11.6 Å². The van der Waals surface area contributed by atoms with Crippen LogP contribution in [0.1, 0.15) is 19.3 Å². The fourth-order valence-electron chi connectivity index (χ4n) is 1.79. The molecule has 0 saturated heterocycles. The van der Waals surface area contributed by atoms with Gasteiger partial charge in [-0.25, -0.2) is 0 Å². The molecule has 0 aromatic carbocycles. The van der Waals surface area contributed by atoms with Gasteiger partial charge in [0.15, 0.2) is 0 Å². The van der Waals surface area contributed by atoms with Gasteiger partial charge in [-0.1, -0.05) is 18.2 Å². The minimum Gasteiger partial charge on any atom is -0.291 e. The summed E-state index contributed by atoms with van der Waals surface area (Å²) >= 11 is 0. The van der Waals surface area contributed by atoms with Crippen LogP contribution in [0.4, 0.5) is 0 Å². The smallest absolute Gasteiger partial charge is 0.224 e. The van der Waals surface area contributed by atoms with E-state index in [0.29, 0.717) is 12.3 Å². The summed E-state index contributed by atoms with van der Waals surface area (Å²) in [5, 5.41) is 0. The zero-order valence-electron chi connectivity index (χ0n) is 6.75. The van der Waals surface area contributed by atoms with Crippen LogP contribution in [0.3, 0.4) is 0 Å². The molecule has 0 aliphatic heterocycles. The van der Waals surface area contributed by atoms with Gasteiger partial charge in [0.1, 0.15) is 0 Å². The highest BCUT2D eigenvalue weighted by Gasteiger charge is 2.31. The second-order valence-electron chi connectivity index (χ2n) is 3.27. The molecular formula is C10H10O2. The lowest BCUT2D eigenvalue weighted by Gasteiger charge is -2.23. The molecule has 2 aliphatic rings. The van der Waals surface area contributed by atoms with Gasteiger partial charge in [0.2, 0.25) is 11.6 Å². The molecule has 1 saturated carbocycles. The number of rotatable bonds is 0. The number of fused-ring (bicyclic) bond motifs is 1. The monoisotopic (exact) mass is 162 g/mol. The van der Waals surface area contributed by atoms with E-state index in [2.05, 4.69) is 6.08 Å². The molecule has 1 fully saturated rings. The van der Waals surface area contributed by atoms with Gasteiger partial charge >= 0.3 is 0 Å². The van der Waals surface area contributed by atoms with E-state index in [0.717, 1.165) is 18.4 Å². The second-order valence-corrected chi connectivity index (χ2v) is 3.27. The van der Waals surface area contributed by atoms with Crippen molar-refractivity contribution in [3.8, 4) is 0 Å². The standard InChI is InChI=1S/C10H10O2/c11-9-6-5-7-3-1-2-4-8(7)10(9)12/h1-2,4,7H,3,5-6H2. The van der Waals surface area contributed by atoms with Crippen LogP contribution >= 0.6 is 0 Å². The minimum atomic E-state index is -0.254. The van der Waals surface area contributed by atoms with Gasteiger partial charge in [-0.15, -0.1) is 0 Å². The maximum Gasteiger partial charge on any atom is 0.224 e. The van der Waals surface area contributed by atoms with Crippen molar-refractivity contribution in [3.05, 3.63) is 23.8 Å². The number of Topliss-reactive ketones (excluding diaryl/α,β-unsaturated/α-hetero) is 2. The highest BCUT2D eigenvalue weighted by atomic mass is 16.2. The van der Waals surface area contributed by atoms with Gasteiger partial charge in [0.25, 0.3) is 0 Å². The van der Waals surface area contributed by atoms with E-state index in [1.807, 2.05) is 6.08 Å². The van der Waals surface area contributed by atoms with E-state index in [1.165, 1.54) is 0 Å². The number of carbonyl (C=O) groups excluding carboxylic acids is 2. The maximum absolute atomic E-state index is 11.3. The van der Waals surface area contributed by atoms with Crippen LogP contribution in [0.25, 0.3) is 0 Å². The highest BCUT2D eigenvalue weighted by Crippen LogP contribution is 2.30. The molecular weight excluding hydrogens is 152 g/mol. The topological polar surface area (TPSA) is 34.1 Å². The molecule has 2 rings (SSSR count). The number of hydrogen-bond acceptors (Lipinski definition) is 2. The fourth-order valence-corrected chi connectivity index (χ4v) is 1.79.